The molecule has 1 rings (SSSR count). The SMILES string of the molecule is Cc1cc(C(C)O)c(O)c(C(C)(C)C)c1. The van der Waals surface area contributed by atoms with Gasteiger partial charge in [-0.3, -0.25) is 0 Å². The molecular weight excluding hydrogens is 188 g/mol. The van der Waals surface area contributed by atoms with Crippen LogP contribution in [0.25, 0.3) is 0 Å². The van der Waals surface area contributed by atoms with E-state index in [0.717, 1.165) is 11.1 Å². The Labute approximate surface area is 91.6 Å². The summed E-state index contributed by atoms with van der Waals surface area (Å²) >= 11 is 0. The van der Waals surface area contributed by atoms with E-state index >= 15 is 0 Å². The van der Waals surface area contributed by atoms with Crippen LogP contribution in [0.5, 0.6) is 5.75 Å². The average Bonchev–Trinajstić information content (AvgIpc) is 2.06. The third kappa shape index (κ3) is 2.51. The molecule has 2 nitrogen and oxygen atoms in total. The molecule has 84 valence electrons. The topological polar surface area (TPSA) is 40.5 Å². The van der Waals surface area contributed by atoms with Gasteiger partial charge in [0.15, 0.2) is 0 Å². The maximum atomic E-state index is 10.1. The summed E-state index contributed by atoms with van der Waals surface area (Å²) in [6.45, 7) is 9.79. The van der Waals surface area contributed by atoms with Gasteiger partial charge < -0.3 is 10.2 Å². The minimum absolute atomic E-state index is 0.111. The molecule has 0 heterocycles. The molecule has 0 saturated heterocycles. The Bertz CT molecular complexity index is 360. The van der Waals surface area contributed by atoms with Gasteiger partial charge in [-0.2, -0.15) is 0 Å². The van der Waals surface area contributed by atoms with Crippen LogP contribution < -0.4 is 0 Å². The summed E-state index contributed by atoms with van der Waals surface area (Å²) < 4.78 is 0. The largest absolute Gasteiger partial charge is 0.507 e. The van der Waals surface area contributed by atoms with Gasteiger partial charge in [0.2, 0.25) is 0 Å². The molecule has 0 amide bonds. The molecule has 0 radical (unpaired) electrons. The number of aliphatic hydroxyl groups excluding tert-OH is 1. The lowest BCUT2D eigenvalue weighted by molar-refractivity contribution is 0.194. The fourth-order valence-corrected chi connectivity index (χ4v) is 1.70. The first kappa shape index (κ1) is 12.1. The molecular formula is C13H20O2. The lowest BCUT2D eigenvalue weighted by Gasteiger charge is -2.23. The minimum atomic E-state index is -0.633. The Morgan fingerprint density at radius 3 is 2.13 bits per heavy atom. The second-order valence-corrected chi connectivity index (χ2v) is 5.18. The third-order valence-corrected chi connectivity index (χ3v) is 2.54. The zero-order valence-electron chi connectivity index (χ0n) is 10.1. The Hall–Kier alpha value is -1.02. The first-order chi connectivity index (χ1) is 6.73. The monoisotopic (exact) mass is 208 g/mol. The number of aliphatic hydroxyl groups is 1. The molecule has 0 bridgehead atoms. The van der Waals surface area contributed by atoms with E-state index in [4.69, 9.17) is 0 Å². The first-order valence-corrected chi connectivity index (χ1v) is 5.25. The standard InChI is InChI=1S/C13H20O2/c1-8-6-10(9(2)14)12(15)11(7-8)13(3,4)5/h6-7,9,14-15H,1-5H3. The van der Waals surface area contributed by atoms with Crippen LogP contribution in [0, 0.1) is 6.92 Å². The Kier molecular flexibility index (Phi) is 3.10. The molecule has 2 N–H and O–H groups in total. The van der Waals surface area contributed by atoms with Gasteiger partial charge in [-0.25, -0.2) is 0 Å². The van der Waals surface area contributed by atoms with Gasteiger partial charge in [-0.1, -0.05) is 32.4 Å². The normalized spacial score (nSPS) is 14.0. The van der Waals surface area contributed by atoms with E-state index in [2.05, 4.69) is 0 Å². The molecule has 1 atom stereocenters. The molecule has 1 aromatic rings. The van der Waals surface area contributed by atoms with Gasteiger partial charge in [0.05, 0.1) is 6.10 Å². The van der Waals surface area contributed by atoms with E-state index < -0.39 is 6.10 Å². The van der Waals surface area contributed by atoms with Crippen LogP contribution in [0.15, 0.2) is 12.1 Å². The van der Waals surface area contributed by atoms with Crippen molar-refractivity contribution >= 4 is 0 Å². The quantitative estimate of drug-likeness (QED) is 0.744. The number of rotatable bonds is 1. The highest BCUT2D eigenvalue weighted by Crippen LogP contribution is 2.36. The van der Waals surface area contributed by atoms with Crippen molar-refractivity contribution in [3.8, 4) is 5.75 Å². The average molecular weight is 208 g/mol. The molecule has 0 aliphatic rings. The smallest absolute Gasteiger partial charge is 0.125 e. The second kappa shape index (κ2) is 3.86. The van der Waals surface area contributed by atoms with Gasteiger partial charge in [-0.05, 0) is 30.9 Å². The zero-order valence-corrected chi connectivity index (χ0v) is 10.1. The summed E-state index contributed by atoms with van der Waals surface area (Å²) in [6, 6.07) is 3.80. The van der Waals surface area contributed by atoms with E-state index in [0.29, 0.717) is 5.56 Å². The molecule has 0 aliphatic heterocycles. The molecule has 0 saturated carbocycles. The van der Waals surface area contributed by atoms with Crippen molar-refractivity contribution in [2.75, 3.05) is 0 Å². The number of hydrogen-bond donors (Lipinski definition) is 2. The van der Waals surface area contributed by atoms with Crippen molar-refractivity contribution in [3.05, 3.63) is 28.8 Å². The van der Waals surface area contributed by atoms with Crippen molar-refractivity contribution in [1.29, 1.82) is 0 Å². The number of phenols is 1. The fourth-order valence-electron chi connectivity index (χ4n) is 1.70. The number of aromatic hydroxyl groups is 1. The Balaban J connectivity index is 3.42. The second-order valence-electron chi connectivity index (χ2n) is 5.18. The fraction of sp³-hybridized carbons (Fsp3) is 0.538. The van der Waals surface area contributed by atoms with E-state index in [1.807, 2.05) is 39.8 Å². The highest BCUT2D eigenvalue weighted by atomic mass is 16.3. The summed E-state index contributed by atoms with van der Waals surface area (Å²) in [5.74, 6) is 0.225. The van der Waals surface area contributed by atoms with Crippen LogP contribution >= 0.6 is 0 Å². The zero-order chi connectivity index (χ0) is 11.8. The molecule has 0 fully saturated rings. The number of aryl methyl sites for hydroxylation is 1. The summed E-state index contributed by atoms with van der Waals surface area (Å²) in [4.78, 5) is 0. The van der Waals surface area contributed by atoms with Gasteiger partial charge in [0.25, 0.3) is 0 Å². The molecule has 15 heavy (non-hydrogen) atoms. The molecule has 0 spiro atoms. The van der Waals surface area contributed by atoms with Crippen molar-refractivity contribution in [2.45, 2.75) is 46.1 Å². The van der Waals surface area contributed by atoms with Gasteiger partial charge in [-0.15, -0.1) is 0 Å². The van der Waals surface area contributed by atoms with Crippen LogP contribution in [-0.2, 0) is 5.41 Å². The van der Waals surface area contributed by atoms with E-state index in [-0.39, 0.29) is 11.2 Å². The molecule has 1 aromatic carbocycles. The molecule has 1 unspecified atom stereocenters. The Morgan fingerprint density at radius 1 is 1.20 bits per heavy atom. The van der Waals surface area contributed by atoms with E-state index in [1.165, 1.54) is 0 Å². The predicted molar refractivity (Wildman–Crippen MR) is 62.2 cm³/mol. The van der Waals surface area contributed by atoms with Crippen LogP contribution in [-0.4, -0.2) is 10.2 Å². The van der Waals surface area contributed by atoms with Crippen molar-refractivity contribution in [1.82, 2.24) is 0 Å². The summed E-state index contributed by atoms with van der Waals surface area (Å²) in [6.07, 6.45) is -0.633. The van der Waals surface area contributed by atoms with Gasteiger partial charge >= 0.3 is 0 Å². The minimum Gasteiger partial charge on any atom is -0.507 e. The van der Waals surface area contributed by atoms with Gasteiger partial charge in [0.1, 0.15) is 5.75 Å². The van der Waals surface area contributed by atoms with E-state index in [1.54, 1.807) is 6.92 Å². The first-order valence-electron chi connectivity index (χ1n) is 5.25. The predicted octanol–water partition coefficient (Wildman–Crippen LogP) is 3.05. The van der Waals surface area contributed by atoms with Crippen molar-refractivity contribution in [3.63, 3.8) is 0 Å². The molecule has 2 heteroatoms. The number of hydrogen-bond acceptors (Lipinski definition) is 2. The van der Waals surface area contributed by atoms with Crippen molar-refractivity contribution < 1.29 is 10.2 Å². The lowest BCUT2D eigenvalue weighted by atomic mass is 9.83. The summed E-state index contributed by atoms with van der Waals surface area (Å²) in [5, 5.41) is 19.6. The maximum absolute atomic E-state index is 10.1. The highest BCUT2D eigenvalue weighted by molar-refractivity contribution is 5.47. The van der Waals surface area contributed by atoms with Crippen LogP contribution in [0.3, 0.4) is 0 Å². The van der Waals surface area contributed by atoms with E-state index in [9.17, 15) is 10.2 Å². The number of benzene rings is 1. The van der Waals surface area contributed by atoms with Gasteiger partial charge in [0, 0.05) is 5.56 Å². The van der Waals surface area contributed by atoms with Crippen LogP contribution in [0.2, 0.25) is 0 Å². The lowest BCUT2D eigenvalue weighted by Crippen LogP contribution is -2.13. The summed E-state index contributed by atoms with van der Waals surface area (Å²) in [7, 11) is 0. The van der Waals surface area contributed by atoms with Crippen LogP contribution in [0.1, 0.15) is 50.5 Å². The molecule has 0 aromatic heterocycles. The van der Waals surface area contributed by atoms with Crippen molar-refractivity contribution in [2.24, 2.45) is 0 Å². The van der Waals surface area contributed by atoms with Crippen LogP contribution in [0.4, 0.5) is 0 Å². The maximum Gasteiger partial charge on any atom is 0.125 e. The number of phenolic OH excluding ortho intramolecular Hbond substituents is 1. The summed E-state index contributed by atoms with van der Waals surface area (Å²) in [5.41, 5.74) is 2.45. The molecule has 0 aliphatic carbocycles. The third-order valence-electron chi connectivity index (χ3n) is 2.54. The Morgan fingerprint density at radius 2 is 1.73 bits per heavy atom. The highest BCUT2D eigenvalue weighted by Gasteiger charge is 2.21.